The van der Waals surface area contributed by atoms with E-state index in [1.54, 1.807) is 0 Å². The van der Waals surface area contributed by atoms with E-state index in [4.69, 9.17) is 0 Å². The first-order valence-corrected chi connectivity index (χ1v) is 7.10. The van der Waals surface area contributed by atoms with Gasteiger partial charge >= 0.3 is 0 Å². The molecule has 3 unspecified atom stereocenters. The molecule has 2 aliphatic heterocycles. The number of hydrogen-bond acceptors (Lipinski definition) is 2. The molecule has 2 heterocycles. The molecule has 3 nitrogen and oxygen atoms in total. The number of rotatable bonds is 4. The molecule has 0 aliphatic carbocycles. The van der Waals surface area contributed by atoms with Gasteiger partial charge in [-0.2, -0.15) is 0 Å². The Morgan fingerprint density at radius 1 is 1.22 bits per heavy atom. The molecule has 0 radical (unpaired) electrons. The van der Waals surface area contributed by atoms with Crippen molar-refractivity contribution in [2.24, 2.45) is 11.8 Å². The minimum atomic E-state index is 0. The number of carbonyl (C=O) groups excluding carboxylic acids is 1. The van der Waals surface area contributed by atoms with Crippen molar-refractivity contribution in [1.29, 1.82) is 0 Å². The fraction of sp³-hybridized carbons (Fsp3) is 0.929. The zero-order valence-corrected chi connectivity index (χ0v) is 12.6. The molecule has 0 saturated carbocycles. The fourth-order valence-corrected chi connectivity index (χ4v) is 3.08. The second kappa shape index (κ2) is 6.76. The summed E-state index contributed by atoms with van der Waals surface area (Å²) < 4.78 is 0. The Bertz CT molecular complexity index is 271. The standard InChI is InChI=1S/C14H26N2O.ClH/c1-9(2)10(3)15-14(17)8-11-6-12-4-5-13(7-11)16-12;/h9-13,16H,4-8H2,1-3H3,(H,15,17);1H. The predicted molar refractivity (Wildman–Crippen MR) is 77.0 cm³/mol. The summed E-state index contributed by atoms with van der Waals surface area (Å²) in [5.74, 6) is 1.37. The van der Waals surface area contributed by atoms with Gasteiger partial charge in [-0.05, 0) is 44.4 Å². The molecule has 2 rings (SSSR count). The van der Waals surface area contributed by atoms with Gasteiger partial charge in [-0.25, -0.2) is 0 Å². The van der Waals surface area contributed by atoms with E-state index in [1.165, 1.54) is 25.7 Å². The van der Waals surface area contributed by atoms with Crippen molar-refractivity contribution in [3.05, 3.63) is 0 Å². The highest BCUT2D eigenvalue weighted by molar-refractivity contribution is 5.85. The molecule has 2 saturated heterocycles. The van der Waals surface area contributed by atoms with Crippen LogP contribution in [0.15, 0.2) is 0 Å². The lowest BCUT2D eigenvalue weighted by Gasteiger charge is -2.29. The number of fused-ring (bicyclic) bond motifs is 2. The molecule has 0 aromatic heterocycles. The highest BCUT2D eigenvalue weighted by Gasteiger charge is 2.34. The first-order valence-electron chi connectivity index (χ1n) is 7.10. The first kappa shape index (κ1) is 15.8. The van der Waals surface area contributed by atoms with Gasteiger partial charge in [0.1, 0.15) is 0 Å². The number of nitrogens with one attached hydrogen (secondary N) is 2. The smallest absolute Gasteiger partial charge is 0.220 e. The molecule has 2 aliphatic rings. The maximum Gasteiger partial charge on any atom is 0.220 e. The minimum Gasteiger partial charge on any atom is -0.353 e. The molecule has 4 heteroatoms. The van der Waals surface area contributed by atoms with E-state index in [0.717, 1.165) is 6.42 Å². The predicted octanol–water partition coefficient (Wildman–Crippen LogP) is 2.49. The number of carbonyl (C=O) groups is 1. The van der Waals surface area contributed by atoms with Crippen LogP contribution in [0.1, 0.15) is 52.9 Å². The Morgan fingerprint density at radius 2 is 1.78 bits per heavy atom. The summed E-state index contributed by atoms with van der Waals surface area (Å²) in [5, 5.41) is 6.74. The number of hydrogen-bond donors (Lipinski definition) is 2. The Hall–Kier alpha value is -0.280. The van der Waals surface area contributed by atoms with Crippen molar-refractivity contribution in [3.63, 3.8) is 0 Å². The molecular weight excluding hydrogens is 248 g/mol. The summed E-state index contributed by atoms with van der Waals surface area (Å²) in [6, 6.07) is 1.67. The third-order valence-electron chi connectivity index (χ3n) is 4.43. The summed E-state index contributed by atoms with van der Waals surface area (Å²) in [4.78, 5) is 11.9. The topological polar surface area (TPSA) is 41.1 Å². The van der Waals surface area contributed by atoms with Crippen LogP contribution in [0, 0.1) is 11.8 Å². The largest absolute Gasteiger partial charge is 0.353 e. The fourth-order valence-electron chi connectivity index (χ4n) is 3.08. The van der Waals surface area contributed by atoms with Crippen LogP contribution >= 0.6 is 12.4 Å². The molecule has 18 heavy (non-hydrogen) atoms. The third kappa shape index (κ3) is 4.13. The molecule has 2 N–H and O–H groups in total. The zero-order chi connectivity index (χ0) is 12.4. The van der Waals surface area contributed by atoms with Gasteiger partial charge in [-0.15, -0.1) is 12.4 Å². The van der Waals surface area contributed by atoms with Crippen molar-refractivity contribution >= 4 is 18.3 Å². The van der Waals surface area contributed by atoms with Gasteiger partial charge in [-0.1, -0.05) is 13.8 Å². The Morgan fingerprint density at radius 3 is 2.28 bits per heavy atom. The third-order valence-corrected chi connectivity index (χ3v) is 4.43. The van der Waals surface area contributed by atoms with Crippen LogP contribution in [0.5, 0.6) is 0 Å². The maximum absolute atomic E-state index is 11.9. The lowest BCUT2D eigenvalue weighted by Crippen LogP contribution is -2.41. The van der Waals surface area contributed by atoms with Gasteiger partial charge in [0.25, 0.3) is 0 Å². The van der Waals surface area contributed by atoms with Crippen molar-refractivity contribution < 1.29 is 4.79 Å². The van der Waals surface area contributed by atoms with Crippen molar-refractivity contribution in [1.82, 2.24) is 10.6 Å². The van der Waals surface area contributed by atoms with Crippen LogP contribution in [-0.2, 0) is 4.79 Å². The van der Waals surface area contributed by atoms with Crippen molar-refractivity contribution in [3.8, 4) is 0 Å². The lowest BCUT2D eigenvalue weighted by atomic mass is 9.89. The molecule has 0 aromatic carbocycles. The van der Waals surface area contributed by atoms with Crippen molar-refractivity contribution in [2.75, 3.05) is 0 Å². The van der Waals surface area contributed by atoms with Crippen molar-refractivity contribution in [2.45, 2.75) is 71.0 Å². The van der Waals surface area contributed by atoms with E-state index in [9.17, 15) is 4.79 Å². The Balaban J connectivity index is 0.00000162. The van der Waals surface area contributed by atoms with E-state index < -0.39 is 0 Å². The summed E-state index contributed by atoms with van der Waals surface area (Å²) in [7, 11) is 0. The molecule has 1 amide bonds. The molecule has 0 aromatic rings. The quantitative estimate of drug-likeness (QED) is 0.827. The lowest BCUT2D eigenvalue weighted by molar-refractivity contribution is -0.123. The van der Waals surface area contributed by atoms with E-state index in [2.05, 4.69) is 31.4 Å². The Labute approximate surface area is 117 Å². The van der Waals surface area contributed by atoms with Gasteiger partial charge in [0, 0.05) is 24.5 Å². The monoisotopic (exact) mass is 274 g/mol. The summed E-state index contributed by atoms with van der Waals surface area (Å²) in [6.07, 6.45) is 5.74. The van der Waals surface area contributed by atoms with Gasteiger partial charge in [0.05, 0.1) is 0 Å². The first-order chi connectivity index (χ1) is 8.04. The van der Waals surface area contributed by atoms with Crippen LogP contribution in [0.4, 0.5) is 0 Å². The van der Waals surface area contributed by atoms with E-state index in [-0.39, 0.29) is 18.3 Å². The molecule has 0 spiro atoms. The van der Waals surface area contributed by atoms with Crippen LogP contribution in [0.25, 0.3) is 0 Å². The second-order valence-electron chi connectivity index (χ2n) is 6.28. The van der Waals surface area contributed by atoms with Crippen LogP contribution in [0.2, 0.25) is 0 Å². The zero-order valence-electron chi connectivity index (χ0n) is 11.7. The number of piperidine rings is 1. The SMILES string of the molecule is CC(C)C(C)NC(=O)CC1CC2CCC(C1)N2.Cl. The highest BCUT2D eigenvalue weighted by Crippen LogP contribution is 2.32. The van der Waals surface area contributed by atoms with Crippen LogP contribution in [0.3, 0.4) is 0 Å². The summed E-state index contributed by atoms with van der Waals surface area (Å²) in [5.41, 5.74) is 0. The molecule has 106 valence electrons. The molecule has 3 atom stereocenters. The van der Waals surface area contributed by atoms with E-state index in [1.807, 2.05) is 0 Å². The summed E-state index contributed by atoms with van der Waals surface area (Å²) in [6.45, 7) is 6.39. The van der Waals surface area contributed by atoms with Crippen LogP contribution in [-0.4, -0.2) is 24.0 Å². The normalized spacial score (nSPS) is 31.9. The number of halogens is 1. The maximum atomic E-state index is 11.9. The van der Waals surface area contributed by atoms with Crippen LogP contribution < -0.4 is 10.6 Å². The molecule has 2 bridgehead atoms. The van der Waals surface area contributed by atoms with Gasteiger partial charge in [-0.3, -0.25) is 4.79 Å². The second-order valence-corrected chi connectivity index (χ2v) is 6.28. The van der Waals surface area contributed by atoms with Gasteiger partial charge in [0.2, 0.25) is 5.91 Å². The summed E-state index contributed by atoms with van der Waals surface area (Å²) >= 11 is 0. The average molecular weight is 275 g/mol. The van der Waals surface area contributed by atoms with Gasteiger partial charge < -0.3 is 10.6 Å². The van der Waals surface area contributed by atoms with E-state index in [0.29, 0.717) is 30.0 Å². The Kier molecular flexibility index (Phi) is 5.93. The minimum absolute atomic E-state index is 0. The molecular formula is C14H27ClN2O. The average Bonchev–Trinajstić information content (AvgIpc) is 2.57. The van der Waals surface area contributed by atoms with Gasteiger partial charge in [0.15, 0.2) is 0 Å². The number of amides is 1. The van der Waals surface area contributed by atoms with E-state index >= 15 is 0 Å². The molecule has 2 fully saturated rings. The highest BCUT2D eigenvalue weighted by atomic mass is 35.5.